The summed E-state index contributed by atoms with van der Waals surface area (Å²) in [7, 11) is 0. The van der Waals surface area contributed by atoms with Gasteiger partial charge < -0.3 is 10.3 Å². The fourth-order valence-electron chi connectivity index (χ4n) is 3.25. The summed E-state index contributed by atoms with van der Waals surface area (Å²) in [6.45, 7) is 3.32. The van der Waals surface area contributed by atoms with Crippen LogP contribution in [0.3, 0.4) is 0 Å². The molecule has 0 bridgehead atoms. The second kappa shape index (κ2) is 7.60. The maximum absolute atomic E-state index is 12.6. The van der Waals surface area contributed by atoms with Crippen LogP contribution in [-0.4, -0.2) is 21.3 Å². The fraction of sp³-hybridized carbons (Fsp3) is 0.182. The summed E-state index contributed by atoms with van der Waals surface area (Å²) >= 11 is 0. The highest BCUT2D eigenvalue weighted by molar-refractivity contribution is 5.80. The van der Waals surface area contributed by atoms with Gasteiger partial charge in [-0.15, -0.1) is 0 Å². The van der Waals surface area contributed by atoms with Crippen LogP contribution in [0.1, 0.15) is 16.8 Å². The van der Waals surface area contributed by atoms with Gasteiger partial charge in [0.05, 0.1) is 11.4 Å². The third-order valence-electron chi connectivity index (χ3n) is 4.70. The molecule has 5 heteroatoms. The third-order valence-corrected chi connectivity index (χ3v) is 4.70. The average molecular weight is 358 g/mol. The Balaban J connectivity index is 1.54. The third kappa shape index (κ3) is 3.68. The van der Waals surface area contributed by atoms with E-state index in [0.717, 1.165) is 40.9 Å². The first-order valence-electron chi connectivity index (χ1n) is 9.14. The van der Waals surface area contributed by atoms with Crippen LogP contribution < -0.4 is 10.9 Å². The lowest BCUT2D eigenvalue weighted by Gasteiger charge is -2.06. The van der Waals surface area contributed by atoms with Crippen LogP contribution in [0.2, 0.25) is 0 Å². The van der Waals surface area contributed by atoms with Crippen molar-refractivity contribution in [1.82, 2.24) is 20.1 Å². The van der Waals surface area contributed by atoms with Gasteiger partial charge in [-0.3, -0.25) is 4.79 Å². The van der Waals surface area contributed by atoms with Gasteiger partial charge >= 0.3 is 0 Å². The maximum atomic E-state index is 12.6. The molecule has 2 heterocycles. The Morgan fingerprint density at radius 2 is 1.74 bits per heavy atom. The highest BCUT2D eigenvalue weighted by Gasteiger charge is 2.12. The number of nitrogens with zero attached hydrogens (tertiary/aromatic N) is 2. The molecular formula is C22H22N4O. The van der Waals surface area contributed by atoms with Gasteiger partial charge in [-0.25, -0.2) is 4.68 Å². The molecule has 0 unspecified atom stereocenters. The smallest absolute Gasteiger partial charge is 0.254 e. The second-order valence-corrected chi connectivity index (χ2v) is 6.63. The molecule has 0 aliphatic rings. The predicted molar refractivity (Wildman–Crippen MR) is 108 cm³/mol. The van der Waals surface area contributed by atoms with Gasteiger partial charge in [0.1, 0.15) is 5.65 Å². The molecule has 0 aliphatic carbocycles. The highest BCUT2D eigenvalue weighted by Crippen LogP contribution is 2.19. The fourth-order valence-corrected chi connectivity index (χ4v) is 3.25. The van der Waals surface area contributed by atoms with Crippen molar-refractivity contribution in [2.24, 2.45) is 0 Å². The Morgan fingerprint density at radius 3 is 2.48 bits per heavy atom. The second-order valence-electron chi connectivity index (χ2n) is 6.63. The monoisotopic (exact) mass is 358 g/mol. The summed E-state index contributed by atoms with van der Waals surface area (Å²) in [5.41, 5.74) is 4.50. The molecule has 136 valence electrons. The lowest BCUT2D eigenvalue weighted by atomic mass is 10.1. The molecule has 27 heavy (non-hydrogen) atoms. The van der Waals surface area contributed by atoms with E-state index in [2.05, 4.69) is 27.5 Å². The number of aromatic nitrogens is 3. The normalized spacial score (nSPS) is 11.1. The Bertz CT molecular complexity index is 1100. The van der Waals surface area contributed by atoms with E-state index in [4.69, 9.17) is 0 Å². The van der Waals surface area contributed by atoms with E-state index in [9.17, 15) is 4.79 Å². The molecule has 4 aromatic rings. The topological polar surface area (TPSA) is 62.7 Å². The van der Waals surface area contributed by atoms with Crippen LogP contribution in [0.5, 0.6) is 0 Å². The molecule has 0 radical (unpaired) electrons. The van der Waals surface area contributed by atoms with E-state index in [1.54, 1.807) is 4.68 Å². The Kier molecular flexibility index (Phi) is 4.85. The zero-order valence-electron chi connectivity index (χ0n) is 15.3. The summed E-state index contributed by atoms with van der Waals surface area (Å²) in [4.78, 5) is 15.6. The molecule has 2 aromatic carbocycles. The minimum absolute atomic E-state index is 0.0770. The van der Waals surface area contributed by atoms with Gasteiger partial charge in [0, 0.05) is 17.5 Å². The average Bonchev–Trinajstić information content (AvgIpc) is 3.02. The van der Waals surface area contributed by atoms with Gasteiger partial charge in [-0.05, 0) is 43.7 Å². The summed E-state index contributed by atoms with van der Waals surface area (Å²) in [5.74, 6) is 0. The van der Waals surface area contributed by atoms with Gasteiger partial charge in [0.2, 0.25) is 0 Å². The molecule has 4 rings (SSSR count). The van der Waals surface area contributed by atoms with Crippen LogP contribution in [0.25, 0.3) is 16.7 Å². The van der Waals surface area contributed by atoms with Crippen molar-refractivity contribution in [3.05, 3.63) is 93.9 Å². The molecule has 0 spiro atoms. The van der Waals surface area contributed by atoms with E-state index in [1.165, 1.54) is 5.56 Å². The van der Waals surface area contributed by atoms with E-state index in [1.807, 2.05) is 61.5 Å². The summed E-state index contributed by atoms with van der Waals surface area (Å²) in [6, 6.07) is 22.1. The van der Waals surface area contributed by atoms with Crippen molar-refractivity contribution in [1.29, 1.82) is 0 Å². The minimum Gasteiger partial charge on any atom is -0.312 e. The first-order chi connectivity index (χ1) is 13.2. The Morgan fingerprint density at radius 1 is 1.04 bits per heavy atom. The molecular weight excluding hydrogens is 336 g/mol. The van der Waals surface area contributed by atoms with Crippen molar-refractivity contribution in [3.63, 3.8) is 0 Å². The number of aromatic amines is 1. The van der Waals surface area contributed by atoms with Crippen LogP contribution >= 0.6 is 0 Å². The van der Waals surface area contributed by atoms with Crippen LogP contribution in [0.15, 0.2) is 71.5 Å². The number of nitrogens with one attached hydrogen (secondary N) is 2. The zero-order valence-corrected chi connectivity index (χ0v) is 15.3. The van der Waals surface area contributed by atoms with Crippen molar-refractivity contribution >= 4 is 11.0 Å². The summed E-state index contributed by atoms with van der Waals surface area (Å²) in [6.07, 6.45) is 0.936. The molecule has 5 nitrogen and oxygen atoms in total. The number of para-hydroxylation sites is 1. The number of H-pyrrole nitrogens is 1. The van der Waals surface area contributed by atoms with Gasteiger partial charge in [-0.1, -0.05) is 48.5 Å². The van der Waals surface area contributed by atoms with E-state index in [-0.39, 0.29) is 5.56 Å². The number of hydrogen-bond donors (Lipinski definition) is 2. The standard InChI is InChI=1S/C22H22N4O/c1-16-20-14-18(15-23-13-12-17-8-4-2-5-9-17)22(27)24-21(20)26(25-16)19-10-6-3-7-11-19/h2-11,14,23H,12-13,15H2,1H3,(H,24,27). The van der Waals surface area contributed by atoms with Crippen LogP contribution in [0.4, 0.5) is 0 Å². The lowest BCUT2D eigenvalue weighted by Crippen LogP contribution is -2.23. The molecule has 0 atom stereocenters. The number of hydrogen-bond acceptors (Lipinski definition) is 3. The largest absolute Gasteiger partial charge is 0.312 e. The number of aryl methyl sites for hydroxylation is 1. The zero-order chi connectivity index (χ0) is 18.6. The quantitative estimate of drug-likeness (QED) is 0.520. The van der Waals surface area contributed by atoms with E-state index < -0.39 is 0 Å². The van der Waals surface area contributed by atoms with E-state index in [0.29, 0.717) is 6.54 Å². The molecule has 0 aliphatic heterocycles. The Hall–Kier alpha value is -3.18. The first-order valence-corrected chi connectivity index (χ1v) is 9.14. The molecule has 2 N–H and O–H groups in total. The molecule has 2 aromatic heterocycles. The number of pyridine rings is 1. The molecule has 0 fully saturated rings. The number of benzene rings is 2. The van der Waals surface area contributed by atoms with Crippen molar-refractivity contribution < 1.29 is 0 Å². The van der Waals surface area contributed by atoms with Crippen LogP contribution in [-0.2, 0) is 13.0 Å². The SMILES string of the molecule is Cc1nn(-c2ccccc2)c2[nH]c(=O)c(CNCCc3ccccc3)cc12. The van der Waals surface area contributed by atoms with Crippen LogP contribution in [0, 0.1) is 6.92 Å². The van der Waals surface area contributed by atoms with Crippen molar-refractivity contribution in [2.45, 2.75) is 19.9 Å². The van der Waals surface area contributed by atoms with Crippen molar-refractivity contribution in [3.8, 4) is 5.69 Å². The summed E-state index contributed by atoms with van der Waals surface area (Å²) < 4.78 is 1.79. The number of rotatable bonds is 6. The molecule has 0 saturated carbocycles. The molecule has 0 amide bonds. The lowest BCUT2D eigenvalue weighted by molar-refractivity contribution is 0.682. The summed E-state index contributed by atoms with van der Waals surface area (Å²) in [5, 5.41) is 8.94. The Labute approximate surface area is 157 Å². The number of fused-ring (bicyclic) bond motifs is 1. The van der Waals surface area contributed by atoms with E-state index >= 15 is 0 Å². The first kappa shape index (κ1) is 17.2. The maximum Gasteiger partial charge on any atom is 0.254 e. The highest BCUT2D eigenvalue weighted by atomic mass is 16.1. The van der Waals surface area contributed by atoms with Gasteiger partial charge in [-0.2, -0.15) is 5.10 Å². The molecule has 0 saturated heterocycles. The van der Waals surface area contributed by atoms with Crippen molar-refractivity contribution in [2.75, 3.05) is 6.54 Å². The van der Waals surface area contributed by atoms with Gasteiger partial charge in [0.15, 0.2) is 0 Å². The predicted octanol–water partition coefficient (Wildman–Crippen LogP) is 3.35. The minimum atomic E-state index is -0.0770. The van der Waals surface area contributed by atoms with Gasteiger partial charge in [0.25, 0.3) is 5.56 Å².